The van der Waals surface area contributed by atoms with Crippen LogP contribution in [-0.2, 0) is 4.79 Å². The molecule has 1 aromatic carbocycles. The number of hydrogen-bond acceptors (Lipinski definition) is 3. The zero-order chi connectivity index (χ0) is 14.4. The minimum absolute atomic E-state index is 0.114. The summed E-state index contributed by atoms with van der Waals surface area (Å²) in [6, 6.07) is 1.96. The van der Waals surface area contributed by atoms with Crippen LogP contribution in [0.1, 0.15) is 6.42 Å². The lowest BCUT2D eigenvalue weighted by molar-refractivity contribution is -0.139. The van der Waals surface area contributed by atoms with Crippen LogP contribution in [0, 0.1) is 5.82 Å². The highest BCUT2D eigenvalue weighted by Gasteiger charge is 2.19. The van der Waals surface area contributed by atoms with E-state index >= 15 is 0 Å². The summed E-state index contributed by atoms with van der Waals surface area (Å²) in [6.45, 7) is -0.371. The van der Waals surface area contributed by atoms with E-state index in [1.807, 2.05) is 0 Å². The molecule has 1 unspecified atom stereocenters. The Balaban J connectivity index is 2.63. The van der Waals surface area contributed by atoms with Crippen LogP contribution < -0.4 is 10.6 Å². The number of nitrogens with one attached hydrogen (secondary N) is 2. The van der Waals surface area contributed by atoms with E-state index in [-0.39, 0.29) is 23.2 Å². The minimum atomic E-state index is -1.26. The quantitative estimate of drug-likeness (QED) is 0.656. The Morgan fingerprint density at radius 2 is 2.11 bits per heavy atom. The maximum Gasteiger partial charge on any atom is 0.326 e. The number of aliphatic hydroxyl groups excluding tert-OH is 1. The summed E-state index contributed by atoms with van der Waals surface area (Å²) in [4.78, 5) is 22.3. The van der Waals surface area contributed by atoms with Crippen LogP contribution in [-0.4, -0.2) is 34.9 Å². The lowest BCUT2D eigenvalue weighted by Crippen LogP contribution is -2.43. The van der Waals surface area contributed by atoms with Gasteiger partial charge in [0.1, 0.15) is 11.9 Å². The number of carbonyl (C=O) groups is 2. The number of urea groups is 1. The Kier molecular flexibility index (Phi) is 5.71. The number of carboxylic acids is 1. The number of amides is 2. The Hall–Kier alpha value is -1.67. The van der Waals surface area contributed by atoms with E-state index in [4.69, 9.17) is 10.2 Å². The highest BCUT2D eigenvalue weighted by molar-refractivity contribution is 9.10. The fourth-order valence-electron chi connectivity index (χ4n) is 1.29. The number of carbonyl (C=O) groups excluding carboxylic acids is 1. The zero-order valence-corrected chi connectivity index (χ0v) is 11.3. The Morgan fingerprint density at radius 3 is 2.63 bits per heavy atom. The van der Waals surface area contributed by atoms with Gasteiger partial charge in [-0.1, -0.05) is 0 Å². The molecule has 0 saturated carbocycles. The lowest BCUT2D eigenvalue weighted by atomic mass is 10.2. The number of anilines is 1. The van der Waals surface area contributed by atoms with Gasteiger partial charge in [0, 0.05) is 18.7 Å². The third-order valence-corrected chi connectivity index (χ3v) is 2.84. The van der Waals surface area contributed by atoms with Crippen molar-refractivity contribution in [1.29, 1.82) is 0 Å². The first kappa shape index (κ1) is 15.4. The van der Waals surface area contributed by atoms with Crippen molar-refractivity contribution in [2.75, 3.05) is 11.9 Å². The van der Waals surface area contributed by atoms with Gasteiger partial charge in [0.25, 0.3) is 0 Å². The Morgan fingerprint density at radius 1 is 1.42 bits per heavy atom. The van der Waals surface area contributed by atoms with Gasteiger partial charge in [-0.25, -0.2) is 14.0 Å². The van der Waals surface area contributed by atoms with Crippen molar-refractivity contribution >= 4 is 33.6 Å². The molecule has 2 amide bonds. The van der Waals surface area contributed by atoms with Crippen LogP contribution in [0.3, 0.4) is 0 Å². The molecule has 0 aliphatic heterocycles. The number of benzene rings is 1. The van der Waals surface area contributed by atoms with Crippen molar-refractivity contribution in [3.8, 4) is 0 Å². The van der Waals surface area contributed by atoms with Gasteiger partial charge in [0.2, 0.25) is 0 Å². The second-order valence-electron chi connectivity index (χ2n) is 3.63. The summed E-state index contributed by atoms with van der Waals surface area (Å²) in [5.41, 5.74) is 0.186. The fraction of sp³-hybridized carbons (Fsp3) is 0.273. The largest absolute Gasteiger partial charge is 0.480 e. The van der Waals surface area contributed by atoms with E-state index in [2.05, 4.69) is 26.6 Å². The minimum Gasteiger partial charge on any atom is -0.480 e. The van der Waals surface area contributed by atoms with Crippen molar-refractivity contribution in [3.05, 3.63) is 28.5 Å². The van der Waals surface area contributed by atoms with E-state index < -0.39 is 23.9 Å². The summed E-state index contributed by atoms with van der Waals surface area (Å²) in [5, 5.41) is 21.9. The number of aliphatic carboxylic acids is 1. The summed E-state index contributed by atoms with van der Waals surface area (Å²) >= 11 is 2.97. The first-order valence-electron chi connectivity index (χ1n) is 5.30. The van der Waals surface area contributed by atoms with Crippen LogP contribution >= 0.6 is 15.9 Å². The fourth-order valence-corrected chi connectivity index (χ4v) is 1.53. The SMILES string of the molecule is O=C(Nc1ccc(Br)c(F)c1)NC(CCO)C(=O)O. The molecule has 1 rings (SSSR count). The molecule has 0 spiro atoms. The third kappa shape index (κ3) is 4.84. The molecule has 0 fully saturated rings. The zero-order valence-electron chi connectivity index (χ0n) is 9.69. The number of aliphatic hydroxyl groups is 1. The van der Waals surface area contributed by atoms with E-state index in [1.54, 1.807) is 0 Å². The van der Waals surface area contributed by atoms with E-state index in [9.17, 15) is 14.0 Å². The molecule has 0 aliphatic carbocycles. The molecule has 0 heterocycles. The van der Waals surface area contributed by atoms with Crippen molar-refractivity contribution in [2.45, 2.75) is 12.5 Å². The van der Waals surface area contributed by atoms with E-state index in [1.165, 1.54) is 12.1 Å². The first-order valence-corrected chi connectivity index (χ1v) is 6.09. The number of carboxylic acid groups (broad SMARTS) is 1. The van der Waals surface area contributed by atoms with Crippen LogP contribution in [0.5, 0.6) is 0 Å². The molecule has 19 heavy (non-hydrogen) atoms. The summed E-state index contributed by atoms with van der Waals surface area (Å²) in [5.74, 6) is -1.81. The smallest absolute Gasteiger partial charge is 0.326 e. The summed E-state index contributed by atoms with van der Waals surface area (Å²) in [7, 11) is 0. The van der Waals surface area contributed by atoms with Crippen molar-refractivity contribution in [3.63, 3.8) is 0 Å². The maximum atomic E-state index is 13.2. The summed E-state index contributed by atoms with van der Waals surface area (Å²) in [6.07, 6.45) is -0.114. The van der Waals surface area contributed by atoms with E-state index in [0.29, 0.717) is 0 Å². The molecular weight excluding hydrogens is 323 g/mol. The van der Waals surface area contributed by atoms with Crippen LogP contribution in [0.15, 0.2) is 22.7 Å². The van der Waals surface area contributed by atoms with Gasteiger partial charge in [-0.15, -0.1) is 0 Å². The molecule has 1 aromatic rings. The summed E-state index contributed by atoms with van der Waals surface area (Å²) < 4.78 is 13.4. The number of rotatable bonds is 5. The molecule has 104 valence electrons. The molecule has 6 nitrogen and oxygen atoms in total. The number of hydrogen-bond donors (Lipinski definition) is 4. The average Bonchev–Trinajstić information content (AvgIpc) is 2.33. The van der Waals surface area contributed by atoms with Gasteiger partial charge >= 0.3 is 12.0 Å². The Labute approximate surface area is 116 Å². The predicted octanol–water partition coefficient (Wildman–Crippen LogP) is 1.55. The Bertz CT molecular complexity index is 484. The first-order chi connectivity index (χ1) is 8.93. The van der Waals surface area contributed by atoms with Gasteiger partial charge < -0.3 is 20.8 Å². The molecule has 0 saturated heterocycles. The van der Waals surface area contributed by atoms with Crippen molar-refractivity contribution in [1.82, 2.24) is 5.32 Å². The molecular formula is C11H12BrFN2O4. The molecule has 8 heteroatoms. The number of halogens is 2. The van der Waals surface area contributed by atoms with Crippen molar-refractivity contribution < 1.29 is 24.2 Å². The maximum absolute atomic E-state index is 13.2. The second kappa shape index (κ2) is 7.05. The van der Waals surface area contributed by atoms with Gasteiger partial charge in [-0.2, -0.15) is 0 Å². The second-order valence-corrected chi connectivity index (χ2v) is 4.48. The molecule has 0 aromatic heterocycles. The lowest BCUT2D eigenvalue weighted by Gasteiger charge is -2.14. The third-order valence-electron chi connectivity index (χ3n) is 2.20. The molecule has 1 atom stereocenters. The van der Waals surface area contributed by atoms with Crippen molar-refractivity contribution in [2.24, 2.45) is 0 Å². The monoisotopic (exact) mass is 334 g/mol. The average molecular weight is 335 g/mol. The standard InChI is InChI=1S/C11H12BrFN2O4/c12-7-2-1-6(5-8(7)13)14-11(19)15-9(3-4-16)10(17)18/h1-2,5,9,16H,3-4H2,(H,17,18)(H2,14,15,19). The highest BCUT2D eigenvalue weighted by atomic mass is 79.9. The molecule has 0 bridgehead atoms. The topological polar surface area (TPSA) is 98.7 Å². The highest BCUT2D eigenvalue weighted by Crippen LogP contribution is 2.19. The van der Waals surface area contributed by atoms with E-state index in [0.717, 1.165) is 6.07 Å². The van der Waals surface area contributed by atoms with Gasteiger partial charge in [0.15, 0.2) is 0 Å². The molecule has 4 N–H and O–H groups in total. The van der Waals surface area contributed by atoms with Crippen LogP contribution in [0.25, 0.3) is 0 Å². The van der Waals surface area contributed by atoms with Gasteiger partial charge in [0.05, 0.1) is 4.47 Å². The molecule has 0 radical (unpaired) electrons. The van der Waals surface area contributed by atoms with Gasteiger partial charge in [-0.3, -0.25) is 0 Å². The van der Waals surface area contributed by atoms with Crippen LogP contribution in [0.4, 0.5) is 14.9 Å². The normalized spacial score (nSPS) is 11.7. The van der Waals surface area contributed by atoms with Gasteiger partial charge in [-0.05, 0) is 34.1 Å². The molecule has 0 aliphatic rings. The predicted molar refractivity (Wildman–Crippen MR) is 69.4 cm³/mol. The van der Waals surface area contributed by atoms with Crippen LogP contribution in [0.2, 0.25) is 0 Å².